The lowest BCUT2D eigenvalue weighted by molar-refractivity contribution is -0.142. The van der Waals surface area contributed by atoms with E-state index < -0.39 is 110 Å². The Morgan fingerprint density at radius 2 is 1.34 bits per heavy atom. The molecule has 0 unspecified atom stereocenters. The maximum absolute atomic E-state index is 13.1. The normalized spacial score (nSPS) is 14.6. The van der Waals surface area contributed by atoms with E-state index in [0.717, 1.165) is 12.5 Å². The molecule has 0 saturated heterocycles. The van der Waals surface area contributed by atoms with Gasteiger partial charge < -0.3 is 58.5 Å². The van der Waals surface area contributed by atoms with E-state index in [1.54, 1.807) is 30.3 Å². The van der Waals surface area contributed by atoms with Crippen LogP contribution < -0.4 is 38.1 Å². The van der Waals surface area contributed by atoms with Gasteiger partial charge in [-0.2, -0.15) is 0 Å². The summed E-state index contributed by atoms with van der Waals surface area (Å²) in [6.07, 6.45) is -3.28. The van der Waals surface area contributed by atoms with Crippen molar-refractivity contribution in [1.82, 2.24) is 26.6 Å². The highest BCUT2D eigenvalue weighted by molar-refractivity contribution is 5.96. The third-order valence-electron chi connectivity index (χ3n) is 6.53. The Morgan fingerprint density at radius 3 is 1.87 bits per heavy atom. The summed E-state index contributed by atoms with van der Waals surface area (Å²) in [7, 11) is 0. The Bertz CT molecular complexity index is 1280. The Kier molecular flexibility index (Phi) is 17.0. The van der Waals surface area contributed by atoms with Crippen LogP contribution in [0.15, 0.2) is 30.3 Å². The van der Waals surface area contributed by atoms with E-state index >= 15 is 0 Å². The third-order valence-corrected chi connectivity index (χ3v) is 6.53. The van der Waals surface area contributed by atoms with Gasteiger partial charge in [0.25, 0.3) is 0 Å². The van der Waals surface area contributed by atoms with E-state index in [-0.39, 0.29) is 19.3 Å². The number of nitrogens with one attached hydrogen (secondary N) is 5. The zero-order chi connectivity index (χ0) is 35.7. The molecular formula is C28H41N7O12. The first-order valence-electron chi connectivity index (χ1n) is 14.3. The lowest BCUT2D eigenvalue weighted by Crippen LogP contribution is -2.60. The van der Waals surface area contributed by atoms with Crippen molar-refractivity contribution < 1.29 is 58.8 Å². The smallest absolute Gasteiger partial charge is 0.326 e. The molecule has 0 heterocycles. The zero-order valence-electron chi connectivity index (χ0n) is 25.5. The second-order valence-corrected chi connectivity index (χ2v) is 10.4. The molecule has 260 valence electrons. The van der Waals surface area contributed by atoms with Gasteiger partial charge in [0.2, 0.25) is 35.4 Å². The number of carboxylic acids is 2. The molecule has 0 aliphatic rings. The molecule has 0 aromatic heterocycles. The van der Waals surface area contributed by atoms with Crippen LogP contribution in [0.3, 0.4) is 0 Å². The third kappa shape index (κ3) is 15.1. The second kappa shape index (κ2) is 20.1. The fourth-order valence-corrected chi connectivity index (χ4v) is 3.97. The number of carboxylic acid groups (broad SMARTS) is 2. The number of aliphatic hydroxyl groups excluding tert-OH is 2. The van der Waals surface area contributed by atoms with Gasteiger partial charge in [-0.25, -0.2) is 4.79 Å². The van der Waals surface area contributed by atoms with Crippen LogP contribution in [-0.4, -0.2) is 117 Å². The molecule has 0 fully saturated rings. The molecule has 0 aliphatic heterocycles. The summed E-state index contributed by atoms with van der Waals surface area (Å²) in [4.78, 5) is 96.9. The monoisotopic (exact) mass is 667 g/mol. The Morgan fingerprint density at radius 1 is 0.766 bits per heavy atom. The molecule has 19 heteroatoms. The summed E-state index contributed by atoms with van der Waals surface area (Å²) in [5.41, 5.74) is 11.6. The molecule has 1 aromatic carbocycles. The number of hydrogen-bond acceptors (Lipinski definition) is 11. The van der Waals surface area contributed by atoms with Crippen LogP contribution >= 0.6 is 0 Å². The minimum Gasteiger partial charge on any atom is -0.481 e. The van der Waals surface area contributed by atoms with Gasteiger partial charge in [0.1, 0.15) is 24.2 Å². The van der Waals surface area contributed by atoms with Crippen LogP contribution in [-0.2, 0) is 44.8 Å². The van der Waals surface area contributed by atoms with E-state index in [2.05, 4.69) is 26.6 Å². The first-order valence-corrected chi connectivity index (χ1v) is 14.3. The molecule has 1 rings (SSSR count). The first-order chi connectivity index (χ1) is 22.0. The minimum atomic E-state index is -1.74. The summed E-state index contributed by atoms with van der Waals surface area (Å²) >= 11 is 0. The van der Waals surface area contributed by atoms with E-state index in [0.29, 0.717) is 0 Å². The van der Waals surface area contributed by atoms with Crippen molar-refractivity contribution in [3.05, 3.63) is 35.9 Å². The van der Waals surface area contributed by atoms with Crippen LogP contribution in [0.5, 0.6) is 0 Å². The molecule has 0 radical (unpaired) electrons. The predicted molar refractivity (Wildman–Crippen MR) is 161 cm³/mol. The molecule has 13 N–H and O–H groups in total. The highest BCUT2D eigenvalue weighted by Gasteiger charge is 2.32. The van der Waals surface area contributed by atoms with Crippen molar-refractivity contribution in [1.29, 1.82) is 0 Å². The molecule has 6 atom stereocenters. The fraction of sp³-hybridized carbons (Fsp3) is 0.500. The summed E-state index contributed by atoms with van der Waals surface area (Å²) in [6.45, 7) is -0.619. The highest BCUT2D eigenvalue weighted by atomic mass is 16.4. The largest absolute Gasteiger partial charge is 0.481 e. The van der Waals surface area contributed by atoms with Gasteiger partial charge in [0.15, 0.2) is 0 Å². The molecule has 0 spiro atoms. The number of primary amides is 1. The van der Waals surface area contributed by atoms with Crippen molar-refractivity contribution in [3.8, 4) is 0 Å². The van der Waals surface area contributed by atoms with E-state index in [1.165, 1.54) is 0 Å². The number of carbonyl (C=O) groups is 8. The molecule has 0 bridgehead atoms. The van der Waals surface area contributed by atoms with Crippen molar-refractivity contribution in [2.24, 2.45) is 11.5 Å². The zero-order valence-corrected chi connectivity index (χ0v) is 25.5. The summed E-state index contributed by atoms with van der Waals surface area (Å²) in [6, 6.07) is 1.12. The summed E-state index contributed by atoms with van der Waals surface area (Å²) < 4.78 is 0. The molecule has 19 nitrogen and oxygen atoms in total. The van der Waals surface area contributed by atoms with Gasteiger partial charge in [-0.3, -0.25) is 33.6 Å². The van der Waals surface area contributed by atoms with Crippen LogP contribution in [0.1, 0.15) is 38.2 Å². The molecular weight excluding hydrogens is 626 g/mol. The van der Waals surface area contributed by atoms with Crippen LogP contribution in [0.25, 0.3) is 0 Å². The number of aliphatic carboxylic acids is 2. The average Bonchev–Trinajstić information content (AvgIpc) is 3.00. The fourth-order valence-electron chi connectivity index (χ4n) is 3.97. The number of hydrogen-bond donors (Lipinski definition) is 11. The van der Waals surface area contributed by atoms with E-state index in [4.69, 9.17) is 16.6 Å². The number of aliphatic hydroxyl groups is 2. The standard InChI is InChI=1S/C28H41N7O12/c1-14(37)23(27(45)31-12-21(39)32-18(28(46)47)7-9-20(30)38)35-25(43)17(8-10-22(40)41)33-26(44)19(13-36)34-24(42)16(29)11-15-5-3-2-4-6-15/h2-6,14,16-19,23,36-37H,7-13,29H2,1H3,(H2,30,38)(H,31,45)(H,32,39)(H,33,44)(H,34,42)(H,35,43)(H,40,41)(H,46,47)/t14-,16+,17+,18+,19+,23+/m1/s1. The molecule has 0 aliphatic carbocycles. The van der Waals surface area contributed by atoms with Crippen molar-refractivity contribution >= 4 is 47.4 Å². The van der Waals surface area contributed by atoms with E-state index in [1.807, 2.05) is 0 Å². The van der Waals surface area contributed by atoms with Crippen LogP contribution in [0.2, 0.25) is 0 Å². The number of benzene rings is 1. The average molecular weight is 668 g/mol. The van der Waals surface area contributed by atoms with E-state index in [9.17, 15) is 53.7 Å². The predicted octanol–water partition coefficient (Wildman–Crippen LogP) is -4.80. The Labute approximate surface area is 268 Å². The molecule has 0 saturated carbocycles. The Balaban J connectivity index is 2.91. The highest BCUT2D eigenvalue weighted by Crippen LogP contribution is 2.05. The van der Waals surface area contributed by atoms with Crippen molar-refractivity contribution in [2.75, 3.05) is 13.2 Å². The van der Waals surface area contributed by atoms with Gasteiger partial charge in [-0.15, -0.1) is 0 Å². The molecule has 47 heavy (non-hydrogen) atoms. The van der Waals surface area contributed by atoms with Gasteiger partial charge in [-0.1, -0.05) is 30.3 Å². The van der Waals surface area contributed by atoms with Crippen molar-refractivity contribution in [2.45, 2.75) is 75.3 Å². The Hall–Kier alpha value is -5.14. The number of amides is 6. The quantitative estimate of drug-likeness (QED) is 0.0587. The maximum atomic E-state index is 13.1. The topological polar surface area (TPSA) is 330 Å². The van der Waals surface area contributed by atoms with Crippen molar-refractivity contribution in [3.63, 3.8) is 0 Å². The number of nitrogens with two attached hydrogens (primary N) is 2. The minimum absolute atomic E-state index is 0.107. The lowest BCUT2D eigenvalue weighted by atomic mass is 10.1. The number of carbonyl (C=O) groups excluding carboxylic acids is 6. The summed E-state index contributed by atoms with van der Waals surface area (Å²) in [5, 5.41) is 49.0. The summed E-state index contributed by atoms with van der Waals surface area (Å²) in [5.74, 6) is -8.72. The molecule has 6 amide bonds. The van der Waals surface area contributed by atoms with Gasteiger partial charge in [0.05, 0.1) is 25.3 Å². The lowest BCUT2D eigenvalue weighted by Gasteiger charge is -2.26. The SMILES string of the molecule is C[C@@H](O)[C@H](NC(=O)[C@H](CCC(=O)O)NC(=O)[C@H](CO)NC(=O)[C@@H](N)Cc1ccccc1)C(=O)NCC(=O)N[C@@H](CCC(N)=O)C(=O)O. The maximum Gasteiger partial charge on any atom is 0.326 e. The van der Waals surface area contributed by atoms with Gasteiger partial charge in [-0.05, 0) is 31.7 Å². The van der Waals surface area contributed by atoms with Crippen LogP contribution in [0, 0.1) is 0 Å². The van der Waals surface area contributed by atoms with Crippen LogP contribution in [0.4, 0.5) is 0 Å². The second-order valence-electron chi connectivity index (χ2n) is 10.4. The number of rotatable bonds is 21. The first kappa shape index (κ1) is 39.9. The van der Waals surface area contributed by atoms with Gasteiger partial charge >= 0.3 is 11.9 Å². The van der Waals surface area contributed by atoms with Gasteiger partial charge in [0, 0.05) is 12.8 Å². The molecule has 1 aromatic rings.